The van der Waals surface area contributed by atoms with Gasteiger partial charge in [0.25, 0.3) is 0 Å². The first-order valence-corrected chi connectivity index (χ1v) is 10.1. The van der Waals surface area contributed by atoms with Crippen molar-refractivity contribution in [1.82, 2.24) is 4.57 Å². The van der Waals surface area contributed by atoms with Gasteiger partial charge in [0.15, 0.2) is 5.44 Å². The monoisotopic (exact) mass is 494 g/mol. The summed E-state index contributed by atoms with van der Waals surface area (Å²) in [5, 5.41) is 2.77. The number of aryl methyl sites for hydroxylation is 2. The molecule has 0 bridgehead atoms. The Labute approximate surface area is 164 Å². The van der Waals surface area contributed by atoms with Crippen LogP contribution in [0, 0.1) is 3.70 Å². The number of imidazole rings is 1. The van der Waals surface area contributed by atoms with Crippen molar-refractivity contribution in [2.24, 2.45) is 14.1 Å². The molecule has 0 aliphatic heterocycles. The summed E-state index contributed by atoms with van der Waals surface area (Å²) in [6.45, 7) is 0. The van der Waals surface area contributed by atoms with Gasteiger partial charge in [-0.05, 0) is 10.6 Å². The molecule has 2 aromatic carbocycles. The predicted octanol–water partition coefficient (Wildman–Crippen LogP) is 3.51. The number of hydrogen-bond acceptors (Lipinski definition) is 0. The Kier molecular flexibility index (Phi) is 7.23. The summed E-state index contributed by atoms with van der Waals surface area (Å²) in [5.74, 6) is 0. The molecule has 0 N–H and O–H groups in total. The third-order valence-electron chi connectivity index (χ3n) is 3.42. The Balaban J connectivity index is 0.000000431. The minimum atomic E-state index is -6.00. The fraction of sp³-hybridized carbons (Fsp3) is 0.118. The maximum atomic E-state index is 9.75. The second-order valence-corrected chi connectivity index (χ2v) is 8.60. The quantitative estimate of drug-likeness (QED) is 0.174. The molecule has 3 rings (SSSR count). The van der Waals surface area contributed by atoms with E-state index in [1.165, 1.54) is 19.7 Å². The van der Waals surface area contributed by atoms with Crippen LogP contribution >= 0.6 is 30.5 Å². The Morgan fingerprint density at radius 3 is 1.58 bits per heavy atom. The molecule has 0 aliphatic rings. The zero-order valence-electron chi connectivity index (χ0n) is 14.2. The van der Waals surface area contributed by atoms with Crippen molar-refractivity contribution < 1.29 is 21.8 Å². The molecule has 0 fully saturated rings. The lowest BCUT2D eigenvalue weighted by molar-refractivity contribution is -0.653. The summed E-state index contributed by atoms with van der Waals surface area (Å²) in [7, 11) is -2.29. The highest BCUT2D eigenvalue weighted by Crippen LogP contribution is 2.32. The standard InChI is InChI=1S/C17H17IN2P.BF4/c1-19-13-20(2)17(16(19)18)21(14-9-5-3-6-10-14)15-11-7-4-8-12-15;2-1(3,4)5/h3-13H,1-2H3;/q+1;-1. The normalized spacial score (nSPS) is 11.2. The predicted molar refractivity (Wildman–Crippen MR) is 108 cm³/mol. The number of nitrogens with zero attached hydrogens (tertiary/aromatic N) is 2. The van der Waals surface area contributed by atoms with Crippen LogP contribution in [0.3, 0.4) is 0 Å². The highest BCUT2D eigenvalue weighted by molar-refractivity contribution is 14.1. The first kappa shape index (κ1) is 20.9. The van der Waals surface area contributed by atoms with Crippen LogP contribution in [-0.4, -0.2) is 11.8 Å². The topological polar surface area (TPSA) is 8.81 Å². The van der Waals surface area contributed by atoms with E-state index in [2.05, 4.69) is 113 Å². The third-order valence-corrected chi connectivity index (χ3v) is 7.69. The number of rotatable bonds is 3. The van der Waals surface area contributed by atoms with Crippen LogP contribution in [-0.2, 0) is 14.1 Å². The Bertz CT molecular complexity index is 796. The van der Waals surface area contributed by atoms with Crippen molar-refractivity contribution in [3.8, 4) is 0 Å². The summed E-state index contributed by atoms with van der Waals surface area (Å²) < 4.78 is 44.7. The molecule has 0 unspecified atom stereocenters. The lowest BCUT2D eigenvalue weighted by atomic mass is 10.3. The largest absolute Gasteiger partial charge is 0.673 e. The molecule has 0 amide bonds. The summed E-state index contributed by atoms with van der Waals surface area (Å²) in [4.78, 5) is 0. The second-order valence-electron chi connectivity index (χ2n) is 5.45. The Morgan fingerprint density at radius 2 is 1.27 bits per heavy atom. The Hall–Kier alpha value is -1.41. The molecule has 1 heterocycles. The van der Waals surface area contributed by atoms with Gasteiger partial charge >= 0.3 is 7.25 Å². The van der Waals surface area contributed by atoms with Crippen LogP contribution in [0.2, 0.25) is 0 Å². The molecule has 0 radical (unpaired) electrons. The van der Waals surface area contributed by atoms with Gasteiger partial charge in [-0.2, -0.15) is 0 Å². The smallest absolute Gasteiger partial charge is 0.418 e. The molecule has 138 valence electrons. The summed E-state index contributed by atoms with van der Waals surface area (Å²) in [6, 6.07) is 21.6. The molecule has 0 spiro atoms. The zero-order valence-corrected chi connectivity index (χ0v) is 17.2. The molecule has 0 saturated carbocycles. The average molecular weight is 494 g/mol. The number of benzene rings is 2. The number of halogens is 5. The SMILES string of the molecule is Cn1c[n+](C)c(P(c2ccccc2)c2ccccc2)c1I.F[B-](F)(F)F. The highest BCUT2D eigenvalue weighted by atomic mass is 127. The van der Waals surface area contributed by atoms with E-state index in [0.717, 1.165) is 0 Å². The van der Waals surface area contributed by atoms with Gasteiger partial charge in [-0.15, -0.1) is 0 Å². The van der Waals surface area contributed by atoms with Crippen LogP contribution in [0.4, 0.5) is 17.3 Å². The minimum absolute atomic E-state index is 0.532. The summed E-state index contributed by atoms with van der Waals surface area (Å²) >= 11 is 2.45. The van der Waals surface area contributed by atoms with Crippen molar-refractivity contribution in [2.75, 3.05) is 0 Å². The van der Waals surface area contributed by atoms with E-state index in [9.17, 15) is 17.3 Å². The van der Waals surface area contributed by atoms with Gasteiger partial charge in [0.05, 0.1) is 14.1 Å². The molecular formula is C17H17BF4IN2P. The van der Waals surface area contributed by atoms with Crippen molar-refractivity contribution in [3.05, 3.63) is 70.7 Å². The van der Waals surface area contributed by atoms with Gasteiger partial charge in [0.1, 0.15) is 0 Å². The lowest BCUT2D eigenvalue weighted by Crippen LogP contribution is -2.45. The van der Waals surface area contributed by atoms with Crippen LogP contribution in [0.1, 0.15) is 0 Å². The summed E-state index contributed by atoms with van der Waals surface area (Å²) in [5.41, 5.74) is 1.39. The molecule has 2 nitrogen and oxygen atoms in total. The first-order valence-electron chi connectivity index (χ1n) is 7.66. The van der Waals surface area contributed by atoms with E-state index >= 15 is 0 Å². The zero-order chi connectivity index (χ0) is 19.3. The van der Waals surface area contributed by atoms with Crippen LogP contribution in [0.25, 0.3) is 0 Å². The maximum Gasteiger partial charge on any atom is 0.673 e. The average Bonchev–Trinajstić information content (AvgIpc) is 2.82. The number of hydrogen-bond donors (Lipinski definition) is 0. The van der Waals surface area contributed by atoms with Crippen molar-refractivity contribution >= 4 is 53.8 Å². The van der Waals surface area contributed by atoms with Gasteiger partial charge in [-0.3, -0.25) is 0 Å². The first-order chi connectivity index (χ1) is 12.2. The van der Waals surface area contributed by atoms with Gasteiger partial charge < -0.3 is 17.3 Å². The molecule has 26 heavy (non-hydrogen) atoms. The van der Waals surface area contributed by atoms with Crippen LogP contribution in [0.15, 0.2) is 67.0 Å². The summed E-state index contributed by atoms with van der Waals surface area (Å²) in [6.07, 6.45) is 2.15. The van der Waals surface area contributed by atoms with E-state index < -0.39 is 15.2 Å². The van der Waals surface area contributed by atoms with Crippen molar-refractivity contribution in [2.45, 2.75) is 0 Å². The fourth-order valence-electron chi connectivity index (χ4n) is 2.47. The Morgan fingerprint density at radius 1 is 0.885 bits per heavy atom. The van der Waals surface area contributed by atoms with E-state index in [0.29, 0.717) is 0 Å². The molecular weight excluding hydrogens is 477 g/mol. The van der Waals surface area contributed by atoms with E-state index in [1.54, 1.807) is 0 Å². The van der Waals surface area contributed by atoms with Crippen LogP contribution < -0.4 is 20.6 Å². The molecule has 9 heteroatoms. The van der Waals surface area contributed by atoms with E-state index in [4.69, 9.17) is 0 Å². The highest BCUT2D eigenvalue weighted by Gasteiger charge is 2.28. The molecule has 1 aromatic heterocycles. The second kappa shape index (κ2) is 8.99. The van der Waals surface area contributed by atoms with Crippen LogP contribution in [0.5, 0.6) is 0 Å². The molecule has 0 aliphatic carbocycles. The fourth-order valence-corrected chi connectivity index (χ4v) is 6.13. The van der Waals surface area contributed by atoms with Gasteiger partial charge in [-0.1, -0.05) is 60.7 Å². The minimum Gasteiger partial charge on any atom is -0.418 e. The number of aromatic nitrogens is 2. The molecule has 0 atom stereocenters. The van der Waals surface area contributed by atoms with Gasteiger partial charge in [0.2, 0.25) is 10.0 Å². The van der Waals surface area contributed by atoms with Crippen molar-refractivity contribution in [1.29, 1.82) is 0 Å². The van der Waals surface area contributed by atoms with E-state index in [1.807, 2.05) is 0 Å². The van der Waals surface area contributed by atoms with Gasteiger partial charge in [-0.25, -0.2) is 9.13 Å². The lowest BCUT2D eigenvalue weighted by Gasteiger charge is -2.16. The van der Waals surface area contributed by atoms with E-state index in [-0.39, 0.29) is 0 Å². The molecule has 3 aromatic rings. The van der Waals surface area contributed by atoms with Gasteiger partial charge in [0, 0.05) is 30.5 Å². The molecule has 0 saturated heterocycles. The van der Waals surface area contributed by atoms with Crippen molar-refractivity contribution in [3.63, 3.8) is 0 Å². The third kappa shape index (κ3) is 5.81. The maximum absolute atomic E-state index is 9.75.